The third-order valence-electron chi connectivity index (χ3n) is 2.38. The lowest BCUT2D eigenvalue weighted by molar-refractivity contribution is 0.468. The Morgan fingerprint density at radius 1 is 1.40 bits per heavy atom. The number of benzene rings is 1. The quantitative estimate of drug-likeness (QED) is 0.773. The summed E-state index contributed by atoms with van der Waals surface area (Å²) in [5.41, 5.74) is 2.18. The van der Waals surface area contributed by atoms with Crippen LogP contribution in [0.4, 0.5) is 4.39 Å². The van der Waals surface area contributed by atoms with E-state index in [4.69, 9.17) is 1.37 Å². The fourth-order valence-electron chi connectivity index (χ4n) is 1.64. The van der Waals surface area contributed by atoms with Crippen LogP contribution in [-0.4, -0.2) is 24.7 Å². The SMILES string of the molecule is [2H]C(Cc1c[nH]c2ccccc12)NCCF. The van der Waals surface area contributed by atoms with Gasteiger partial charge in [-0.15, -0.1) is 0 Å². The zero-order chi connectivity index (χ0) is 11.4. The van der Waals surface area contributed by atoms with Gasteiger partial charge in [-0.1, -0.05) is 18.2 Å². The molecule has 0 radical (unpaired) electrons. The number of alkyl halides is 1. The van der Waals surface area contributed by atoms with Crippen LogP contribution < -0.4 is 5.32 Å². The van der Waals surface area contributed by atoms with E-state index in [2.05, 4.69) is 10.3 Å². The third kappa shape index (κ3) is 2.36. The van der Waals surface area contributed by atoms with Crippen LogP contribution in [0.15, 0.2) is 30.5 Å². The van der Waals surface area contributed by atoms with Gasteiger partial charge in [0.2, 0.25) is 0 Å². The molecule has 1 atom stereocenters. The molecule has 0 aliphatic heterocycles. The fraction of sp³-hybridized carbons (Fsp3) is 0.333. The van der Waals surface area contributed by atoms with Crippen LogP contribution in [0.25, 0.3) is 10.9 Å². The summed E-state index contributed by atoms with van der Waals surface area (Å²) >= 11 is 0. The molecule has 15 heavy (non-hydrogen) atoms. The maximum Gasteiger partial charge on any atom is 0.102 e. The molecule has 2 rings (SSSR count). The van der Waals surface area contributed by atoms with Gasteiger partial charge in [-0.2, -0.15) is 0 Å². The van der Waals surface area contributed by atoms with Crippen molar-refractivity contribution in [2.24, 2.45) is 0 Å². The largest absolute Gasteiger partial charge is 0.361 e. The predicted molar refractivity (Wildman–Crippen MR) is 60.8 cm³/mol. The average molecular weight is 207 g/mol. The zero-order valence-electron chi connectivity index (χ0n) is 9.46. The molecule has 1 heterocycles. The second kappa shape index (κ2) is 4.94. The van der Waals surface area contributed by atoms with Gasteiger partial charge < -0.3 is 10.3 Å². The molecule has 1 aromatic heterocycles. The molecule has 0 amide bonds. The smallest absolute Gasteiger partial charge is 0.102 e. The van der Waals surface area contributed by atoms with E-state index in [1.54, 1.807) is 0 Å². The minimum Gasteiger partial charge on any atom is -0.361 e. The zero-order valence-corrected chi connectivity index (χ0v) is 8.46. The highest BCUT2D eigenvalue weighted by Gasteiger charge is 2.01. The minimum atomic E-state index is -0.449. The Labute approximate surface area is 89.9 Å². The van der Waals surface area contributed by atoms with Crippen LogP contribution in [0.3, 0.4) is 0 Å². The molecule has 1 unspecified atom stereocenters. The summed E-state index contributed by atoms with van der Waals surface area (Å²) in [6, 6.07) is 7.99. The van der Waals surface area contributed by atoms with Crippen LogP contribution in [0.2, 0.25) is 0 Å². The van der Waals surface area contributed by atoms with Gasteiger partial charge in [0.25, 0.3) is 0 Å². The Balaban J connectivity index is 2.09. The Hall–Kier alpha value is -1.35. The van der Waals surface area contributed by atoms with E-state index in [-0.39, 0.29) is 6.54 Å². The highest BCUT2D eigenvalue weighted by molar-refractivity contribution is 5.83. The highest BCUT2D eigenvalue weighted by atomic mass is 19.1. The maximum atomic E-state index is 11.9. The summed E-state index contributed by atoms with van der Waals surface area (Å²) in [7, 11) is 0. The van der Waals surface area contributed by atoms with Gasteiger partial charge in [-0.3, -0.25) is 0 Å². The number of H-pyrrole nitrogens is 1. The molecule has 0 saturated carbocycles. The molecule has 2 aromatic rings. The van der Waals surface area contributed by atoms with Crippen LogP contribution in [0.5, 0.6) is 0 Å². The van der Waals surface area contributed by atoms with Crippen LogP contribution in [-0.2, 0) is 6.42 Å². The lowest BCUT2D eigenvalue weighted by Crippen LogP contribution is -2.19. The number of aromatic nitrogens is 1. The second-order valence-electron chi connectivity index (χ2n) is 3.41. The van der Waals surface area contributed by atoms with E-state index in [9.17, 15) is 4.39 Å². The number of rotatable bonds is 5. The summed E-state index contributed by atoms with van der Waals surface area (Å²) in [4.78, 5) is 3.16. The van der Waals surface area contributed by atoms with Gasteiger partial charge in [-0.25, -0.2) is 4.39 Å². The van der Waals surface area contributed by atoms with Gasteiger partial charge >= 0.3 is 0 Å². The van der Waals surface area contributed by atoms with E-state index in [0.717, 1.165) is 16.5 Å². The van der Waals surface area contributed by atoms with Crippen LogP contribution in [0.1, 0.15) is 6.93 Å². The van der Waals surface area contributed by atoms with Gasteiger partial charge in [0.1, 0.15) is 6.67 Å². The molecule has 0 spiro atoms. The normalized spacial score (nSPS) is 14.1. The summed E-state index contributed by atoms with van der Waals surface area (Å²) in [5.74, 6) is 0. The first-order valence-electron chi connectivity index (χ1n) is 5.65. The molecule has 2 N–H and O–H groups in total. The molecule has 0 aliphatic carbocycles. The number of aryl methyl sites for hydroxylation is 1. The fourth-order valence-corrected chi connectivity index (χ4v) is 1.64. The first-order chi connectivity index (χ1) is 7.81. The van der Waals surface area contributed by atoms with E-state index in [1.165, 1.54) is 0 Å². The van der Waals surface area contributed by atoms with E-state index in [0.29, 0.717) is 6.42 Å². The summed E-state index contributed by atoms with van der Waals surface area (Å²) in [6.45, 7) is -0.630. The monoisotopic (exact) mass is 207 g/mol. The van der Waals surface area contributed by atoms with E-state index >= 15 is 0 Å². The van der Waals surface area contributed by atoms with Gasteiger partial charge in [0, 0.05) is 25.0 Å². The third-order valence-corrected chi connectivity index (χ3v) is 2.38. The standard InChI is InChI=1S/C12H15FN2/c13-6-8-14-7-5-10-9-15-12-4-2-1-3-11(10)12/h1-4,9,14-15H,5-8H2/i7D. The average Bonchev–Trinajstić information content (AvgIpc) is 2.70. The minimum absolute atomic E-state index is 0.247. The first-order valence-corrected chi connectivity index (χ1v) is 5.08. The van der Waals surface area contributed by atoms with Gasteiger partial charge in [-0.05, 0) is 24.6 Å². The molecule has 0 bridgehead atoms. The highest BCUT2D eigenvalue weighted by Crippen LogP contribution is 2.17. The van der Waals surface area contributed by atoms with Crippen molar-refractivity contribution in [1.29, 1.82) is 0 Å². The number of halogens is 1. The molecule has 0 fully saturated rings. The van der Waals surface area contributed by atoms with E-state index in [1.807, 2.05) is 30.5 Å². The maximum absolute atomic E-state index is 11.9. The Morgan fingerprint density at radius 3 is 3.13 bits per heavy atom. The second-order valence-corrected chi connectivity index (χ2v) is 3.41. The number of nitrogens with one attached hydrogen (secondary N) is 2. The first kappa shape index (κ1) is 8.92. The van der Waals surface area contributed by atoms with Crippen molar-refractivity contribution in [2.45, 2.75) is 6.42 Å². The predicted octanol–water partition coefficient (Wildman–Crippen LogP) is 2.27. The van der Waals surface area contributed by atoms with Gasteiger partial charge in [0.15, 0.2) is 0 Å². The van der Waals surface area contributed by atoms with Crippen molar-refractivity contribution in [1.82, 2.24) is 10.3 Å². The summed E-state index contributed by atoms with van der Waals surface area (Å²) in [6.07, 6.45) is 2.51. The van der Waals surface area contributed by atoms with Crippen molar-refractivity contribution in [3.05, 3.63) is 36.0 Å². The Bertz CT molecular complexity index is 455. The molecule has 80 valence electrons. The topological polar surface area (TPSA) is 27.8 Å². The van der Waals surface area contributed by atoms with Crippen LogP contribution in [0, 0.1) is 0 Å². The molecule has 0 aliphatic rings. The van der Waals surface area contributed by atoms with E-state index < -0.39 is 13.2 Å². The molecule has 1 aromatic carbocycles. The molecule has 3 heteroatoms. The lowest BCUT2D eigenvalue weighted by Gasteiger charge is -2.00. The number of aromatic amines is 1. The Morgan fingerprint density at radius 2 is 2.27 bits per heavy atom. The van der Waals surface area contributed by atoms with Crippen molar-refractivity contribution in [2.75, 3.05) is 19.7 Å². The van der Waals surface area contributed by atoms with Crippen molar-refractivity contribution in [3.63, 3.8) is 0 Å². The lowest BCUT2D eigenvalue weighted by atomic mass is 10.1. The number of para-hydroxylation sites is 1. The van der Waals surface area contributed by atoms with Crippen molar-refractivity contribution >= 4 is 10.9 Å². The Kier molecular flexibility index (Phi) is 2.93. The number of fused-ring (bicyclic) bond motifs is 1. The number of hydrogen-bond acceptors (Lipinski definition) is 1. The summed E-state index contributed by atoms with van der Waals surface area (Å²) in [5, 5.41) is 3.95. The molecule has 2 nitrogen and oxygen atoms in total. The summed E-state index contributed by atoms with van der Waals surface area (Å²) < 4.78 is 19.7. The van der Waals surface area contributed by atoms with Gasteiger partial charge in [0.05, 0.1) is 0 Å². The molecular weight excluding hydrogens is 191 g/mol. The van der Waals surface area contributed by atoms with Crippen molar-refractivity contribution in [3.8, 4) is 0 Å². The number of hydrogen-bond donors (Lipinski definition) is 2. The van der Waals surface area contributed by atoms with Crippen LogP contribution >= 0.6 is 0 Å². The molecule has 0 saturated heterocycles. The van der Waals surface area contributed by atoms with Crippen molar-refractivity contribution < 1.29 is 5.76 Å². The molecular formula is C12H15FN2.